The Balaban J connectivity index is 1.96. The molecule has 0 heterocycles. The molecule has 1 N–H and O–H groups in total. The van der Waals surface area contributed by atoms with Gasteiger partial charge >= 0.3 is 5.97 Å². The van der Waals surface area contributed by atoms with Crippen LogP contribution in [0.3, 0.4) is 0 Å². The molecule has 2 nitrogen and oxygen atoms in total. The highest BCUT2D eigenvalue weighted by Crippen LogP contribution is 2.32. The second-order valence-corrected chi connectivity index (χ2v) is 6.03. The maximum absolute atomic E-state index is 13.9. The lowest BCUT2D eigenvalue weighted by atomic mass is 10.1. The van der Waals surface area contributed by atoms with Crippen molar-refractivity contribution in [1.29, 1.82) is 0 Å². The zero-order valence-electron chi connectivity index (χ0n) is 10.6. The first-order valence-corrected chi connectivity index (χ1v) is 7.51. The Labute approximate surface area is 116 Å². The number of carboxylic acids is 1. The second kappa shape index (κ2) is 6.75. The van der Waals surface area contributed by atoms with Crippen LogP contribution in [0.15, 0.2) is 24.3 Å². The molecule has 1 saturated carbocycles. The summed E-state index contributed by atoms with van der Waals surface area (Å²) >= 11 is 1.82. The molecule has 0 amide bonds. The molecule has 0 aliphatic heterocycles. The molecule has 4 heteroatoms. The maximum atomic E-state index is 13.9. The van der Waals surface area contributed by atoms with Gasteiger partial charge in [-0.15, -0.1) is 0 Å². The van der Waals surface area contributed by atoms with E-state index in [1.165, 1.54) is 37.8 Å². The van der Waals surface area contributed by atoms with Crippen LogP contribution >= 0.6 is 11.8 Å². The topological polar surface area (TPSA) is 37.3 Å². The molecule has 1 aliphatic rings. The van der Waals surface area contributed by atoms with Gasteiger partial charge in [-0.2, -0.15) is 11.8 Å². The van der Waals surface area contributed by atoms with Crippen molar-refractivity contribution in [2.45, 2.75) is 36.7 Å². The number of aliphatic carboxylic acids is 1. The highest BCUT2D eigenvalue weighted by Gasteiger charge is 2.15. The average Bonchev–Trinajstić information content (AvgIpc) is 2.88. The van der Waals surface area contributed by atoms with Gasteiger partial charge in [-0.25, -0.2) is 9.18 Å². The van der Waals surface area contributed by atoms with Gasteiger partial charge in [0.25, 0.3) is 0 Å². The summed E-state index contributed by atoms with van der Waals surface area (Å²) in [6.45, 7) is 0. The number of carboxylic acid groups (broad SMARTS) is 1. The van der Waals surface area contributed by atoms with E-state index >= 15 is 0 Å². The number of halogens is 1. The molecule has 0 unspecified atom stereocenters. The first kappa shape index (κ1) is 14.1. The molecule has 102 valence electrons. The molecule has 1 fully saturated rings. The molecular weight excluding hydrogens is 263 g/mol. The van der Waals surface area contributed by atoms with Crippen molar-refractivity contribution >= 4 is 23.8 Å². The fourth-order valence-electron chi connectivity index (χ4n) is 2.21. The minimum absolute atomic E-state index is 0.252. The normalized spacial score (nSPS) is 16.3. The molecule has 0 aromatic heterocycles. The van der Waals surface area contributed by atoms with Crippen LogP contribution in [0.25, 0.3) is 6.08 Å². The largest absolute Gasteiger partial charge is 0.478 e. The first-order chi connectivity index (χ1) is 9.15. The molecule has 19 heavy (non-hydrogen) atoms. The summed E-state index contributed by atoms with van der Waals surface area (Å²) in [5.41, 5.74) is 1.28. The lowest BCUT2D eigenvalue weighted by Gasteiger charge is -2.09. The fraction of sp³-hybridized carbons (Fsp3) is 0.400. The Morgan fingerprint density at radius 3 is 2.79 bits per heavy atom. The number of hydrogen-bond acceptors (Lipinski definition) is 2. The van der Waals surface area contributed by atoms with Gasteiger partial charge in [0.15, 0.2) is 0 Å². The fourth-order valence-corrected chi connectivity index (χ4v) is 3.53. The molecule has 1 aliphatic carbocycles. The van der Waals surface area contributed by atoms with Gasteiger partial charge in [-0.05, 0) is 36.1 Å². The van der Waals surface area contributed by atoms with Crippen LogP contribution in [0.1, 0.15) is 36.8 Å². The minimum atomic E-state index is -1.03. The predicted octanol–water partition coefficient (Wildman–Crippen LogP) is 4.10. The van der Waals surface area contributed by atoms with Crippen molar-refractivity contribution in [3.05, 3.63) is 41.2 Å². The van der Waals surface area contributed by atoms with Crippen LogP contribution < -0.4 is 0 Å². The summed E-state index contributed by atoms with van der Waals surface area (Å²) in [5.74, 6) is -0.585. The van der Waals surface area contributed by atoms with Gasteiger partial charge in [0.2, 0.25) is 0 Å². The third-order valence-electron chi connectivity index (χ3n) is 3.27. The molecule has 0 spiro atoms. The maximum Gasteiger partial charge on any atom is 0.328 e. The van der Waals surface area contributed by atoms with Gasteiger partial charge in [0.1, 0.15) is 5.82 Å². The summed E-state index contributed by atoms with van der Waals surface area (Å²) in [5, 5.41) is 9.19. The Morgan fingerprint density at radius 2 is 2.16 bits per heavy atom. The third kappa shape index (κ3) is 4.39. The summed E-state index contributed by atoms with van der Waals surface area (Å²) in [6, 6.07) is 4.90. The van der Waals surface area contributed by atoms with Gasteiger partial charge in [-0.1, -0.05) is 25.0 Å². The molecule has 0 atom stereocenters. The third-order valence-corrected chi connectivity index (χ3v) is 4.69. The summed E-state index contributed by atoms with van der Waals surface area (Å²) in [7, 11) is 0. The number of carbonyl (C=O) groups is 1. The van der Waals surface area contributed by atoms with E-state index < -0.39 is 5.97 Å². The number of hydrogen-bond donors (Lipinski definition) is 1. The van der Waals surface area contributed by atoms with Gasteiger partial charge in [0.05, 0.1) is 0 Å². The average molecular weight is 280 g/mol. The zero-order chi connectivity index (χ0) is 13.7. The number of thioether (sulfide) groups is 1. The Morgan fingerprint density at radius 1 is 1.42 bits per heavy atom. The van der Waals surface area contributed by atoms with Crippen LogP contribution in [0.5, 0.6) is 0 Å². The zero-order valence-corrected chi connectivity index (χ0v) is 11.5. The summed E-state index contributed by atoms with van der Waals surface area (Å²) < 4.78 is 13.9. The highest BCUT2D eigenvalue weighted by molar-refractivity contribution is 7.99. The lowest BCUT2D eigenvalue weighted by Crippen LogP contribution is -1.97. The van der Waals surface area contributed by atoms with Gasteiger partial charge in [0, 0.05) is 17.1 Å². The predicted molar refractivity (Wildman–Crippen MR) is 76.6 cm³/mol. The van der Waals surface area contributed by atoms with E-state index in [2.05, 4.69) is 0 Å². The van der Waals surface area contributed by atoms with E-state index in [0.29, 0.717) is 22.1 Å². The lowest BCUT2D eigenvalue weighted by molar-refractivity contribution is -0.131. The van der Waals surface area contributed by atoms with Crippen LogP contribution in [0.4, 0.5) is 4.39 Å². The summed E-state index contributed by atoms with van der Waals surface area (Å²) in [6.07, 6.45) is 7.48. The van der Waals surface area contributed by atoms with E-state index in [1.54, 1.807) is 12.1 Å². The number of rotatable bonds is 5. The Bertz CT molecular complexity index is 479. The van der Waals surface area contributed by atoms with Crippen molar-refractivity contribution in [1.82, 2.24) is 0 Å². The van der Waals surface area contributed by atoms with Crippen LogP contribution in [0.2, 0.25) is 0 Å². The van der Waals surface area contributed by atoms with E-state index in [0.717, 1.165) is 6.08 Å². The van der Waals surface area contributed by atoms with E-state index in [-0.39, 0.29) is 5.82 Å². The van der Waals surface area contributed by atoms with E-state index in [9.17, 15) is 9.18 Å². The van der Waals surface area contributed by atoms with Gasteiger partial charge in [-0.3, -0.25) is 0 Å². The monoisotopic (exact) mass is 280 g/mol. The first-order valence-electron chi connectivity index (χ1n) is 6.46. The highest BCUT2D eigenvalue weighted by atomic mass is 32.2. The quantitative estimate of drug-likeness (QED) is 0.825. The van der Waals surface area contributed by atoms with Crippen LogP contribution in [0, 0.1) is 5.82 Å². The molecule has 1 aromatic rings. The van der Waals surface area contributed by atoms with E-state index in [1.807, 2.05) is 11.8 Å². The molecule has 0 bridgehead atoms. The van der Waals surface area contributed by atoms with E-state index in [4.69, 9.17) is 5.11 Å². The Kier molecular flexibility index (Phi) is 5.02. The van der Waals surface area contributed by atoms with Crippen molar-refractivity contribution in [3.8, 4) is 0 Å². The van der Waals surface area contributed by atoms with Crippen molar-refractivity contribution < 1.29 is 14.3 Å². The number of benzene rings is 1. The molecule has 1 aromatic carbocycles. The standard InChI is InChI=1S/C15H17FO2S/c16-14-9-11(6-8-15(17)18)5-7-12(14)10-19-13-3-1-2-4-13/h5-9,13H,1-4,10H2,(H,17,18)/b8-6+. The molecule has 0 saturated heterocycles. The van der Waals surface area contributed by atoms with Crippen LogP contribution in [-0.4, -0.2) is 16.3 Å². The minimum Gasteiger partial charge on any atom is -0.478 e. The van der Waals surface area contributed by atoms with Crippen molar-refractivity contribution in [2.24, 2.45) is 0 Å². The van der Waals surface area contributed by atoms with Crippen molar-refractivity contribution in [3.63, 3.8) is 0 Å². The summed E-state index contributed by atoms with van der Waals surface area (Å²) in [4.78, 5) is 10.4. The second-order valence-electron chi connectivity index (χ2n) is 4.74. The smallest absolute Gasteiger partial charge is 0.328 e. The van der Waals surface area contributed by atoms with Gasteiger partial charge < -0.3 is 5.11 Å². The SMILES string of the molecule is O=C(O)/C=C/c1ccc(CSC2CCCC2)c(F)c1. The van der Waals surface area contributed by atoms with Crippen LogP contribution in [-0.2, 0) is 10.5 Å². The molecule has 0 radical (unpaired) electrons. The molecular formula is C15H17FO2S. The molecule has 2 rings (SSSR count). The van der Waals surface area contributed by atoms with Crippen molar-refractivity contribution in [2.75, 3.05) is 0 Å². The Hall–Kier alpha value is -1.29.